The maximum atomic E-state index is 12.5. The number of carbonyl (C=O) groups is 1. The number of halogens is 1. The molecule has 3 rings (SSSR count). The summed E-state index contributed by atoms with van der Waals surface area (Å²) in [6.45, 7) is 2.44. The van der Waals surface area contributed by atoms with Crippen molar-refractivity contribution in [1.29, 1.82) is 0 Å². The van der Waals surface area contributed by atoms with Crippen LogP contribution in [0.3, 0.4) is 0 Å². The predicted octanol–water partition coefficient (Wildman–Crippen LogP) is 3.23. The van der Waals surface area contributed by atoms with Crippen LogP contribution in [0.2, 0.25) is 5.02 Å². The Morgan fingerprint density at radius 3 is 2.83 bits per heavy atom. The van der Waals surface area contributed by atoms with Gasteiger partial charge in [-0.3, -0.25) is 9.10 Å². The zero-order valence-corrected chi connectivity index (χ0v) is 18.6. The Labute approximate surface area is 180 Å². The molecule has 0 aliphatic carbocycles. The van der Waals surface area contributed by atoms with E-state index >= 15 is 0 Å². The van der Waals surface area contributed by atoms with Crippen molar-refractivity contribution in [3.05, 3.63) is 58.6 Å². The van der Waals surface area contributed by atoms with Gasteiger partial charge < -0.3 is 10.1 Å². The van der Waals surface area contributed by atoms with E-state index in [0.717, 1.165) is 22.1 Å². The summed E-state index contributed by atoms with van der Waals surface area (Å²) in [6, 6.07) is 13.0. The summed E-state index contributed by atoms with van der Waals surface area (Å²) in [6.07, 6.45) is 0.181. The van der Waals surface area contributed by atoms with Gasteiger partial charge in [0.05, 0.1) is 18.5 Å². The Bertz CT molecular complexity index is 998. The molecule has 9 heteroatoms. The van der Waals surface area contributed by atoms with Gasteiger partial charge in [0.15, 0.2) is 6.10 Å². The third-order valence-corrected chi connectivity index (χ3v) is 6.79. The fraction of sp³-hybridized carbons (Fsp3) is 0.350. The highest BCUT2D eigenvalue weighted by Crippen LogP contribution is 2.37. The SMILES string of the molecule is Cc1cccc(CSCCNC(=O)[C@@H]2CN(S(C)(=O)=O)c3cc(Cl)ccc3O2)c1. The fourth-order valence-electron chi connectivity index (χ4n) is 3.03. The lowest BCUT2D eigenvalue weighted by Crippen LogP contribution is -2.50. The molecule has 0 unspecified atom stereocenters. The minimum Gasteiger partial charge on any atom is -0.476 e. The third-order valence-electron chi connectivity index (χ3n) is 4.38. The number of thioether (sulfide) groups is 1. The van der Waals surface area contributed by atoms with Gasteiger partial charge in [0, 0.05) is 23.1 Å². The van der Waals surface area contributed by atoms with Crippen LogP contribution in [0.15, 0.2) is 42.5 Å². The summed E-state index contributed by atoms with van der Waals surface area (Å²) in [5.74, 6) is 1.59. The number of ether oxygens (including phenoxy) is 1. The summed E-state index contributed by atoms with van der Waals surface area (Å²) >= 11 is 7.71. The molecule has 156 valence electrons. The summed E-state index contributed by atoms with van der Waals surface area (Å²) in [5, 5.41) is 3.23. The Morgan fingerprint density at radius 1 is 1.31 bits per heavy atom. The summed E-state index contributed by atoms with van der Waals surface area (Å²) in [7, 11) is -3.58. The van der Waals surface area contributed by atoms with Crippen LogP contribution in [0, 0.1) is 6.92 Å². The van der Waals surface area contributed by atoms with Crippen LogP contribution in [0.25, 0.3) is 0 Å². The van der Waals surface area contributed by atoms with Gasteiger partial charge in [-0.1, -0.05) is 41.4 Å². The van der Waals surface area contributed by atoms with E-state index in [9.17, 15) is 13.2 Å². The number of nitrogens with one attached hydrogen (secondary N) is 1. The third kappa shape index (κ3) is 5.81. The second-order valence-electron chi connectivity index (χ2n) is 6.85. The Morgan fingerprint density at radius 2 is 2.10 bits per heavy atom. The maximum absolute atomic E-state index is 12.5. The molecule has 1 atom stereocenters. The van der Waals surface area contributed by atoms with Crippen molar-refractivity contribution in [3.8, 4) is 5.75 Å². The summed E-state index contributed by atoms with van der Waals surface area (Å²) < 4.78 is 31.2. The minimum absolute atomic E-state index is 0.0888. The Balaban J connectivity index is 1.55. The lowest BCUT2D eigenvalue weighted by atomic mass is 10.2. The average Bonchev–Trinajstić information content (AvgIpc) is 2.66. The number of rotatable bonds is 7. The molecule has 0 radical (unpaired) electrons. The number of amides is 1. The highest BCUT2D eigenvalue weighted by Gasteiger charge is 2.35. The summed E-state index contributed by atoms with van der Waals surface area (Å²) in [4.78, 5) is 12.5. The van der Waals surface area contributed by atoms with E-state index in [0.29, 0.717) is 23.0 Å². The van der Waals surface area contributed by atoms with E-state index in [2.05, 4.69) is 30.4 Å². The molecule has 0 saturated carbocycles. The second kappa shape index (κ2) is 9.28. The van der Waals surface area contributed by atoms with E-state index in [1.54, 1.807) is 23.9 Å². The number of sulfonamides is 1. The van der Waals surface area contributed by atoms with Crippen LogP contribution in [0.1, 0.15) is 11.1 Å². The number of benzene rings is 2. The molecule has 2 aromatic rings. The zero-order valence-electron chi connectivity index (χ0n) is 16.2. The zero-order chi connectivity index (χ0) is 21.0. The number of anilines is 1. The molecule has 2 aromatic carbocycles. The highest BCUT2D eigenvalue weighted by atomic mass is 35.5. The molecule has 0 saturated heterocycles. The Hall–Kier alpha value is -1.90. The molecule has 1 heterocycles. The quantitative estimate of drug-likeness (QED) is 0.650. The number of nitrogens with zero attached hydrogens (tertiary/aromatic N) is 1. The van der Waals surface area contributed by atoms with Crippen molar-refractivity contribution in [3.63, 3.8) is 0 Å². The Kier molecular flexibility index (Phi) is 6.97. The van der Waals surface area contributed by atoms with Crippen molar-refractivity contribution < 1.29 is 17.9 Å². The number of hydrogen-bond acceptors (Lipinski definition) is 5. The van der Waals surface area contributed by atoms with Crippen molar-refractivity contribution in [2.24, 2.45) is 0 Å². The minimum atomic E-state index is -3.58. The van der Waals surface area contributed by atoms with Crippen molar-refractivity contribution in [2.75, 3.05) is 29.4 Å². The van der Waals surface area contributed by atoms with Crippen LogP contribution in [0.4, 0.5) is 5.69 Å². The first kappa shape index (κ1) is 21.8. The van der Waals surface area contributed by atoms with Crippen LogP contribution in [0.5, 0.6) is 5.75 Å². The van der Waals surface area contributed by atoms with Crippen molar-refractivity contribution in [2.45, 2.75) is 18.8 Å². The molecule has 1 amide bonds. The number of fused-ring (bicyclic) bond motifs is 1. The molecular weight excluding hydrogens is 432 g/mol. The largest absolute Gasteiger partial charge is 0.476 e. The van der Waals surface area contributed by atoms with Gasteiger partial charge in [-0.05, 0) is 30.7 Å². The molecule has 0 fully saturated rings. The van der Waals surface area contributed by atoms with Crippen molar-refractivity contribution >= 4 is 45.0 Å². The molecule has 1 N–H and O–H groups in total. The molecule has 1 aliphatic heterocycles. The second-order valence-corrected chi connectivity index (χ2v) is 10.3. The first-order valence-corrected chi connectivity index (χ1v) is 12.5. The molecule has 6 nitrogen and oxygen atoms in total. The standard InChI is InChI=1S/C20H23ClN2O4S2/c1-14-4-3-5-15(10-14)13-28-9-8-22-20(24)19-12-23(29(2,25)26)17-11-16(21)6-7-18(17)27-19/h3-7,10-11,19H,8-9,12-13H2,1-2H3,(H,22,24)/t19-/m0/s1. The van der Waals surface area contributed by atoms with Gasteiger partial charge in [-0.25, -0.2) is 8.42 Å². The number of hydrogen-bond donors (Lipinski definition) is 1. The van der Waals surface area contributed by atoms with Crippen molar-refractivity contribution in [1.82, 2.24) is 5.32 Å². The highest BCUT2D eigenvalue weighted by molar-refractivity contribution is 7.98. The first-order chi connectivity index (χ1) is 13.7. The van der Waals surface area contributed by atoms with Gasteiger partial charge >= 0.3 is 0 Å². The van der Waals surface area contributed by atoms with E-state index in [1.165, 1.54) is 17.2 Å². The molecule has 0 aromatic heterocycles. The van der Waals surface area contributed by atoms with Crippen LogP contribution < -0.4 is 14.4 Å². The molecule has 29 heavy (non-hydrogen) atoms. The number of aryl methyl sites for hydroxylation is 1. The van der Waals surface area contributed by atoms with Gasteiger partial charge in [-0.2, -0.15) is 11.8 Å². The van der Waals surface area contributed by atoms with E-state index in [-0.39, 0.29) is 12.5 Å². The topological polar surface area (TPSA) is 75.7 Å². The predicted molar refractivity (Wildman–Crippen MR) is 118 cm³/mol. The normalized spacial score (nSPS) is 16.1. The van der Waals surface area contributed by atoms with E-state index < -0.39 is 16.1 Å². The lowest BCUT2D eigenvalue weighted by Gasteiger charge is -2.34. The average molecular weight is 455 g/mol. The van der Waals surface area contributed by atoms with Gasteiger partial charge in [0.2, 0.25) is 10.0 Å². The molecule has 1 aliphatic rings. The van der Waals surface area contributed by atoms with Crippen LogP contribution in [-0.2, 0) is 20.6 Å². The maximum Gasteiger partial charge on any atom is 0.263 e. The van der Waals surface area contributed by atoms with E-state index in [1.807, 2.05) is 6.07 Å². The van der Waals surface area contributed by atoms with Gasteiger partial charge in [-0.15, -0.1) is 0 Å². The molecule has 0 bridgehead atoms. The smallest absolute Gasteiger partial charge is 0.263 e. The van der Waals surface area contributed by atoms with Crippen LogP contribution in [-0.4, -0.2) is 45.5 Å². The monoisotopic (exact) mass is 454 g/mol. The van der Waals surface area contributed by atoms with Crippen LogP contribution >= 0.6 is 23.4 Å². The first-order valence-electron chi connectivity index (χ1n) is 9.09. The number of carbonyl (C=O) groups excluding carboxylic acids is 1. The molecular formula is C20H23ClN2O4S2. The van der Waals surface area contributed by atoms with E-state index in [4.69, 9.17) is 16.3 Å². The van der Waals surface area contributed by atoms with Gasteiger partial charge in [0.25, 0.3) is 5.91 Å². The fourth-order valence-corrected chi connectivity index (χ4v) is 4.91. The molecule has 0 spiro atoms. The lowest BCUT2D eigenvalue weighted by molar-refractivity contribution is -0.127. The summed E-state index contributed by atoms with van der Waals surface area (Å²) in [5.41, 5.74) is 2.82. The van der Waals surface area contributed by atoms with Gasteiger partial charge in [0.1, 0.15) is 5.75 Å².